The number of rotatable bonds is 6. The first-order chi connectivity index (χ1) is 6.91. The van der Waals surface area contributed by atoms with Gasteiger partial charge in [-0.05, 0) is 13.8 Å². The number of hydrogen-bond acceptors (Lipinski definition) is 5. The van der Waals surface area contributed by atoms with E-state index in [1.165, 1.54) is 13.8 Å². The van der Waals surface area contributed by atoms with Gasteiger partial charge in [0.05, 0.1) is 12.7 Å². The van der Waals surface area contributed by atoms with Crippen LogP contribution in [-0.4, -0.2) is 37.4 Å². The third kappa shape index (κ3) is 9.21. The SMILES string of the molecule is CC(=O)OCC(COC(C)C)OC(C)=O. The van der Waals surface area contributed by atoms with E-state index in [1.54, 1.807) is 0 Å². The molecule has 0 saturated heterocycles. The van der Waals surface area contributed by atoms with Crippen LogP contribution in [0, 0.1) is 0 Å². The molecule has 0 N–H and O–H groups in total. The highest BCUT2D eigenvalue weighted by Crippen LogP contribution is 1.99. The van der Waals surface area contributed by atoms with Gasteiger partial charge in [0.15, 0.2) is 6.10 Å². The van der Waals surface area contributed by atoms with E-state index >= 15 is 0 Å². The van der Waals surface area contributed by atoms with Crippen LogP contribution in [0.5, 0.6) is 0 Å². The highest BCUT2D eigenvalue weighted by atomic mass is 16.6. The summed E-state index contributed by atoms with van der Waals surface area (Å²) in [5.41, 5.74) is 0. The van der Waals surface area contributed by atoms with Crippen molar-refractivity contribution in [2.75, 3.05) is 13.2 Å². The maximum atomic E-state index is 10.7. The Morgan fingerprint density at radius 1 is 1.07 bits per heavy atom. The molecule has 0 fully saturated rings. The van der Waals surface area contributed by atoms with Gasteiger partial charge in [-0.25, -0.2) is 0 Å². The average Bonchev–Trinajstić information content (AvgIpc) is 2.08. The van der Waals surface area contributed by atoms with Gasteiger partial charge >= 0.3 is 11.9 Å². The van der Waals surface area contributed by atoms with Crippen LogP contribution in [-0.2, 0) is 23.8 Å². The lowest BCUT2D eigenvalue weighted by atomic mass is 10.4. The predicted octanol–water partition coefficient (Wildman–Crippen LogP) is 0.906. The lowest BCUT2D eigenvalue weighted by molar-refractivity contribution is -0.160. The van der Waals surface area contributed by atoms with Crippen LogP contribution in [0.2, 0.25) is 0 Å². The molecule has 1 atom stereocenters. The van der Waals surface area contributed by atoms with Crippen molar-refractivity contribution in [3.63, 3.8) is 0 Å². The average molecular weight is 218 g/mol. The van der Waals surface area contributed by atoms with E-state index in [4.69, 9.17) is 14.2 Å². The molecule has 0 radical (unpaired) electrons. The summed E-state index contributed by atoms with van der Waals surface area (Å²) in [6.45, 7) is 6.60. The standard InChI is InChI=1S/C10H18O5/c1-7(2)13-5-10(15-9(4)12)6-14-8(3)11/h7,10H,5-6H2,1-4H3. The molecule has 5 heteroatoms. The van der Waals surface area contributed by atoms with Crippen LogP contribution in [0.3, 0.4) is 0 Å². The molecule has 0 amide bonds. The molecule has 15 heavy (non-hydrogen) atoms. The van der Waals surface area contributed by atoms with Gasteiger partial charge in [0.1, 0.15) is 6.61 Å². The summed E-state index contributed by atoms with van der Waals surface area (Å²) in [6, 6.07) is 0. The van der Waals surface area contributed by atoms with Crippen molar-refractivity contribution >= 4 is 11.9 Å². The zero-order valence-electron chi connectivity index (χ0n) is 9.61. The second kappa shape index (κ2) is 7.23. The number of carbonyl (C=O) groups excluding carboxylic acids is 2. The minimum atomic E-state index is -0.534. The highest BCUT2D eigenvalue weighted by Gasteiger charge is 2.14. The Morgan fingerprint density at radius 3 is 2.07 bits per heavy atom. The Balaban J connectivity index is 3.94. The lowest BCUT2D eigenvalue weighted by Crippen LogP contribution is -2.29. The minimum Gasteiger partial charge on any atom is -0.462 e. The topological polar surface area (TPSA) is 61.8 Å². The van der Waals surface area contributed by atoms with Gasteiger partial charge in [0.25, 0.3) is 0 Å². The summed E-state index contributed by atoms with van der Waals surface area (Å²) in [4.78, 5) is 21.3. The maximum absolute atomic E-state index is 10.7. The molecule has 88 valence electrons. The second-order valence-corrected chi connectivity index (χ2v) is 3.42. The smallest absolute Gasteiger partial charge is 0.303 e. The summed E-state index contributed by atoms with van der Waals surface area (Å²) in [5.74, 6) is -0.823. The quantitative estimate of drug-likeness (QED) is 0.620. The third-order valence-electron chi connectivity index (χ3n) is 1.42. The minimum absolute atomic E-state index is 0.0294. The van der Waals surface area contributed by atoms with Gasteiger partial charge < -0.3 is 14.2 Å². The van der Waals surface area contributed by atoms with E-state index in [9.17, 15) is 9.59 Å². The van der Waals surface area contributed by atoms with E-state index in [0.29, 0.717) is 0 Å². The molecular formula is C10H18O5. The molecular weight excluding hydrogens is 200 g/mol. The Hall–Kier alpha value is -1.10. The summed E-state index contributed by atoms with van der Waals surface area (Å²) < 4.78 is 14.9. The second-order valence-electron chi connectivity index (χ2n) is 3.42. The summed E-state index contributed by atoms with van der Waals surface area (Å²) in [6.07, 6.45) is -0.491. The molecule has 0 aromatic heterocycles. The molecule has 0 rings (SSSR count). The lowest BCUT2D eigenvalue weighted by Gasteiger charge is -2.18. The van der Waals surface area contributed by atoms with Crippen LogP contribution in [0.1, 0.15) is 27.7 Å². The molecule has 1 unspecified atom stereocenters. The maximum Gasteiger partial charge on any atom is 0.303 e. The fraction of sp³-hybridized carbons (Fsp3) is 0.800. The van der Waals surface area contributed by atoms with Crippen LogP contribution < -0.4 is 0 Å². The first-order valence-corrected chi connectivity index (χ1v) is 4.84. The van der Waals surface area contributed by atoms with Gasteiger partial charge in [0, 0.05) is 13.8 Å². The van der Waals surface area contributed by atoms with Crippen LogP contribution >= 0.6 is 0 Å². The molecule has 0 aliphatic carbocycles. The number of ether oxygens (including phenoxy) is 3. The van der Waals surface area contributed by atoms with Crippen LogP contribution in [0.4, 0.5) is 0 Å². The van der Waals surface area contributed by atoms with Crippen molar-refractivity contribution in [1.29, 1.82) is 0 Å². The molecule has 0 aliphatic heterocycles. The van der Waals surface area contributed by atoms with E-state index < -0.39 is 18.0 Å². The molecule has 0 spiro atoms. The molecule has 0 bridgehead atoms. The van der Waals surface area contributed by atoms with Gasteiger partial charge in [0.2, 0.25) is 0 Å². The van der Waals surface area contributed by atoms with Crippen molar-refractivity contribution in [1.82, 2.24) is 0 Å². The first-order valence-electron chi connectivity index (χ1n) is 4.84. The number of carbonyl (C=O) groups is 2. The Labute approximate surface area is 89.7 Å². The predicted molar refractivity (Wildman–Crippen MR) is 53.3 cm³/mol. The fourth-order valence-electron chi connectivity index (χ4n) is 0.861. The number of esters is 2. The monoisotopic (exact) mass is 218 g/mol. The van der Waals surface area contributed by atoms with Crippen molar-refractivity contribution in [2.45, 2.75) is 39.9 Å². The molecule has 0 aliphatic rings. The largest absolute Gasteiger partial charge is 0.462 e. The van der Waals surface area contributed by atoms with E-state index in [-0.39, 0.29) is 19.3 Å². The zero-order valence-corrected chi connectivity index (χ0v) is 9.61. The molecule has 0 aromatic carbocycles. The van der Waals surface area contributed by atoms with E-state index in [1.807, 2.05) is 13.8 Å². The van der Waals surface area contributed by atoms with E-state index in [0.717, 1.165) is 0 Å². The third-order valence-corrected chi connectivity index (χ3v) is 1.42. The van der Waals surface area contributed by atoms with Crippen LogP contribution in [0.15, 0.2) is 0 Å². The zero-order chi connectivity index (χ0) is 11.8. The van der Waals surface area contributed by atoms with Gasteiger partial charge in [-0.3, -0.25) is 9.59 Å². The normalized spacial score (nSPS) is 12.3. The fourth-order valence-corrected chi connectivity index (χ4v) is 0.861. The van der Waals surface area contributed by atoms with Crippen LogP contribution in [0.25, 0.3) is 0 Å². The summed E-state index contributed by atoms with van der Waals surface area (Å²) in [7, 11) is 0. The number of hydrogen-bond donors (Lipinski definition) is 0. The Kier molecular flexibility index (Phi) is 6.70. The highest BCUT2D eigenvalue weighted by molar-refractivity contribution is 5.67. The van der Waals surface area contributed by atoms with Crippen molar-refractivity contribution < 1.29 is 23.8 Å². The molecule has 0 heterocycles. The first kappa shape index (κ1) is 13.9. The molecule has 5 nitrogen and oxygen atoms in total. The van der Waals surface area contributed by atoms with Gasteiger partial charge in [-0.2, -0.15) is 0 Å². The van der Waals surface area contributed by atoms with E-state index in [2.05, 4.69) is 0 Å². The van der Waals surface area contributed by atoms with Crippen molar-refractivity contribution in [3.8, 4) is 0 Å². The van der Waals surface area contributed by atoms with Gasteiger partial charge in [-0.15, -0.1) is 0 Å². The molecule has 0 saturated carbocycles. The van der Waals surface area contributed by atoms with Crippen molar-refractivity contribution in [3.05, 3.63) is 0 Å². The summed E-state index contributed by atoms with van der Waals surface area (Å²) >= 11 is 0. The Bertz CT molecular complexity index is 212. The Morgan fingerprint density at radius 2 is 1.67 bits per heavy atom. The summed E-state index contributed by atoms with van der Waals surface area (Å²) in [5, 5.41) is 0. The van der Waals surface area contributed by atoms with Crippen molar-refractivity contribution in [2.24, 2.45) is 0 Å². The van der Waals surface area contributed by atoms with Gasteiger partial charge in [-0.1, -0.05) is 0 Å². The molecule has 0 aromatic rings.